The molecule has 6 heteroatoms. The number of halogens is 3. The van der Waals surface area contributed by atoms with Crippen LogP contribution >= 0.6 is 0 Å². The van der Waals surface area contributed by atoms with E-state index in [1.807, 2.05) is 0 Å². The lowest BCUT2D eigenvalue weighted by atomic mass is 10.2. The largest absolute Gasteiger partial charge is 0.452 e. The number of rotatable bonds is 2. The van der Waals surface area contributed by atoms with Crippen molar-refractivity contribution in [3.63, 3.8) is 0 Å². The molecule has 1 rings (SSSR count). The van der Waals surface area contributed by atoms with Gasteiger partial charge in [0.1, 0.15) is 11.8 Å². The van der Waals surface area contributed by atoms with Crippen LogP contribution < -0.4 is 0 Å². The van der Waals surface area contributed by atoms with Gasteiger partial charge in [0, 0.05) is 6.07 Å². The molecule has 0 radical (unpaired) electrons. The monoisotopic (exact) mass is 207 g/mol. The minimum atomic E-state index is -4.57. The second-order valence-electron chi connectivity index (χ2n) is 2.58. The highest BCUT2D eigenvalue weighted by molar-refractivity contribution is 5.14. The van der Waals surface area contributed by atoms with Crippen LogP contribution in [-0.4, -0.2) is 10.3 Å². The van der Waals surface area contributed by atoms with E-state index >= 15 is 0 Å². The van der Waals surface area contributed by atoms with E-state index in [9.17, 15) is 18.3 Å². The Morgan fingerprint density at radius 1 is 1.57 bits per heavy atom. The summed E-state index contributed by atoms with van der Waals surface area (Å²) in [5.41, 5.74) is -0.157. The average Bonchev–Trinajstić information content (AvgIpc) is 2.51. The number of hydrogen-bond acceptors (Lipinski definition) is 3. The molecule has 0 aliphatic carbocycles. The Kier molecular flexibility index (Phi) is 2.95. The highest BCUT2D eigenvalue weighted by Gasteiger charge is 2.36. The molecule has 0 aromatic carbocycles. The Morgan fingerprint density at radius 2 is 2.21 bits per heavy atom. The summed E-state index contributed by atoms with van der Waals surface area (Å²) in [5.74, 6) is -1.21. The smallest absolute Gasteiger partial charge is 0.383 e. The van der Waals surface area contributed by atoms with Crippen LogP contribution in [0.3, 0.4) is 0 Å². The molecule has 0 amide bonds. The minimum Gasteiger partial charge on any atom is -0.383 e. The molecule has 0 saturated heterocycles. The van der Waals surface area contributed by atoms with Gasteiger partial charge in [-0.15, -0.1) is 0 Å². The third-order valence-corrected chi connectivity index (χ3v) is 1.49. The number of allylic oxidation sites excluding steroid dienone is 1. The number of aromatic nitrogens is 1. The minimum absolute atomic E-state index is 0.157. The molecule has 1 heterocycles. The van der Waals surface area contributed by atoms with Gasteiger partial charge in [0.15, 0.2) is 0 Å². The van der Waals surface area contributed by atoms with Crippen LogP contribution in [0.25, 0.3) is 0 Å². The molecule has 0 spiro atoms. The molecule has 0 saturated carbocycles. The van der Waals surface area contributed by atoms with E-state index < -0.39 is 18.0 Å². The molecule has 0 fully saturated rings. The number of hydrogen-bond donors (Lipinski definition) is 1. The van der Waals surface area contributed by atoms with Crippen molar-refractivity contribution in [2.75, 3.05) is 0 Å². The summed E-state index contributed by atoms with van der Waals surface area (Å²) < 4.78 is 40.1. The summed E-state index contributed by atoms with van der Waals surface area (Å²) in [6.45, 7) is 1.63. The first kappa shape index (κ1) is 10.8. The van der Waals surface area contributed by atoms with E-state index in [1.165, 1.54) is 12.2 Å². The van der Waals surface area contributed by atoms with Crippen molar-refractivity contribution >= 4 is 0 Å². The number of nitrogens with zero attached hydrogens (tertiary/aromatic N) is 1. The van der Waals surface area contributed by atoms with Gasteiger partial charge in [-0.1, -0.05) is 17.3 Å². The molecule has 14 heavy (non-hydrogen) atoms. The first-order chi connectivity index (χ1) is 6.45. The second-order valence-corrected chi connectivity index (χ2v) is 2.58. The molecule has 1 unspecified atom stereocenters. The lowest BCUT2D eigenvalue weighted by Gasteiger charge is -1.98. The molecular weight excluding hydrogens is 199 g/mol. The highest BCUT2D eigenvalue weighted by Crippen LogP contribution is 2.30. The Labute approximate surface area is 77.8 Å². The molecular formula is C8H8F3NO2. The van der Waals surface area contributed by atoms with E-state index in [-0.39, 0.29) is 5.69 Å². The molecule has 3 nitrogen and oxygen atoms in total. The zero-order valence-corrected chi connectivity index (χ0v) is 7.25. The SMILES string of the molecule is C/C=C/C(O)c1cc(C(F)(F)F)on1. The van der Waals surface area contributed by atoms with Crippen molar-refractivity contribution in [2.45, 2.75) is 19.2 Å². The predicted molar refractivity (Wildman–Crippen MR) is 41.3 cm³/mol. The topological polar surface area (TPSA) is 46.3 Å². The van der Waals surface area contributed by atoms with Crippen LogP contribution in [-0.2, 0) is 6.18 Å². The van der Waals surface area contributed by atoms with Crippen molar-refractivity contribution in [3.05, 3.63) is 29.7 Å². The van der Waals surface area contributed by atoms with E-state index in [2.05, 4.69) is 9.68 Å². The average molecular weight is 207 g/mol. The van der Waals surface area contributed by atoms with E-state index in [1.54, 1.807) is 6.92 Å². The summed E-state index contributed by atoms with van der Waals surface area (Å²) in [5, 5.41) is 12.3. The summed E-state index contributed by atoms with van der Waals surface area (Å²) in [6.07, 6.45) is -2.93. The Bertz CT molecular complexity index is 330. The molecule has 1 atom stereocenters. The van der Waals surface area contributed by atoms with Crippen molar-refractivity contribution in [1.29, 1.82) is 0 Å². The maximum Gasteiger partial charge on any atom is 0.452 e. The van der Waals surface area contributed by atoms with Gasteiger partial charge in [-0.3, -0.25) is 0 Å². The van der Waals surface area contributed by atoms with Gasteiger partial charge in [0.25, 0.3) is 0 Å². The molecule has 0 bridgehead atoms. The van der Waals surface area contributed by atoms with Gasteiger partial charge in [-0.2, -0.15) is 13.2 Å². The van der Waals surface area contributed by atoms with Crippen molar-refractivity contribution in [1.82, 2.24) is 5.16 Å². The zero-order chi connectivity index (χ0) is 10.8. The maximum absolute atomic E-state index is 12.0. The van der Waals surface area contributed by atoms with Gasteiger partial charge in [-0.25, -0.2) is 0 Å². The third kappa shape index (κ3) is 2.35. The molecule has 1 aromatic heterocycles. The molecule has 78 valence electrons. The fraction of sp³-hybridized carbons (Fsp3) is 0.375. The molecule has 0 aliphatic heterocycles. The molecule has 1 N–H and O–H groups in total. The van der Waals surface area contributed by atoms with Gasteiger partial charge in [0.2, 0.25) is 5.76 Å². The van der Waals surface area contributed by atoms with E-state index in [4.69, 9.17) is 0 Å². The summed E-state index contributed by atoms with van der Waals surface area (Å²) in [7, 11) is 0. The molecule has 1 aromatic rings. The standard InChI is InChI=1S/C8H8F3NO2/c1-2-3-6(13)5-4-7(14-12-5)8(9,10)11/h2-4,6,13H,1H3/b3-2+. The zero-order valence-electron chi connectivity index (χ0n) is 7.25. The van der Waals surface area contributed by atoms with Crippen LogP contribution in [0, 0.1) is 0 Å². The van der Waals surface area contributed by atoms with Gasteiger partial charge in [0.05, 0.1) is 0 Å². The van der Waals surface area contributed by atoms with Crippen molar-refractivity contribution in [2.24, 2.45) is 0 Å². The number of aliphatic hydroxyl groups is 1. The summed E-state index contributed by atoms with van der Waals surface area (Å²) in [4.78, 5) is 0. The first-order valence-corrected chi connectivity index (χ1v) is 3.80. The lowest BCUT2D eigenvalue weighted by Crippen LogP contribution is -2.02. The van der Waals surface area contributed by atoms with E-state index in [0.29, 0.717) is 6.07 Å². The second kappa shape index (κ2) is 3.83. The number of alkyl halides is 3. The normalized spacial score (nSPS) is 14.9. The van der Waals surface area contributed by atoms with Crippen LogP contribution in [0.5, 0.6) is 0 Å². The lowest BCUT2D eigenvalue weighted by molar-refractivity contribution is -0.155. The van der Waals surface area contributed by atoms with Crippen LogP contribution in [0.2, 0.25) is 0 Å². The van der Waals surface area contributed by atoms with Crippen LogP contribution in [0.4, 0.5) is 13.2 Å². The Hall–Kier alpha value is -1.30. The van der Waals surface area contributed by atoms with Crippen LogP contribution in [0.1, 0.15) is 24.5 Å². The van der Waals surface area contributed by atoms with Crippen molar-refractivity contribution in [3.8, 4) is 0 Å². The quantitative estimate of drug-likeness (QED) is 0.757. The predicted octanol–water partition coefficient (Wildman–Crippen LogP) is 2.30. The fourth-order valence-electron chi connectivity index (χ4n) is 0.843. The Balaban J connectivity index is 2.88. The summed E-state index contributed by atoms with van der Waals surface area (Å²) in [6, 6.07) is 0.671. The number of aliphatic hydroxyl groups excluding tert-OH is 1. The maximum atomic E-state index is 12.0. The van der Waals surface area contributed by atoms with E-state index in [0.717, 1.165) is 0 Å². The van der Waals surface area contributed by atoms with Gasteiger partial charge < -0.3 is 9.63 Å². The van der Waals surface area contributed by atoms with Gasteiger partial charge >= 0.3 is 6.18 Å². The summed E-state index contributed by atoms with van der Waals surface area (Å²) >= 11 is 0. The first-order valence-electron chi connectivity index (χ1n) is 3.80. The third-order valence-electron chi connectivity index (χ3n) is 1.49. The van der Waals surface area contributed by atoms with Gasteiger partial charge in [-0.05, 0) is 6.92 Å². The molecule has 0 aliphatic rings. The highest BCUT2D eigenvalue weighted by atomic mass is 19.4. The van der Waals surface area contributed by atoms with Crippen molar-refractivity contribution < 1.29 is 22.8 Å². The van der Waals surface area contributed by atoms with Crippen LogP contribution in [0.15, 0.2) is 22.7 Å². The Morgan fingerprint density at radius 3 is 2.64 bits per heavy atom. The fourth-order valence-corrected chi connectivity index (χ4v) is 0.843.